The van der Waals surface area contributed by atoms with Gasteiger partial charge in [-0.15, -0.1) is 0 Å². The molecule has 0 aliphatic heterocycles. The third-order valence-electron chi connectivity index (χ3n) is 2.21. The third-order valence-corrected chi connectivity index (χ3v) is 2.21. The molecule has 0 fully saturated rings. The summed E-state index contributed by atoms with van der Waals surface area (Å²) in [5.41, 5.74) is 12.8. The summed E-state index contributed by atoms with van der Waals surface area (Å²) < 4.78 is 10.6. The number of hydrogen-bond donors (Lipinski definition) is 2. The average molecular weight is 210 g/mol. The van der Waals surface area contributed by atoms with E-state index in [0.717, 1.165) is 5.56 Å². The van der Waals surface area contributed by atoms with Crippen LogP contribution in [0.3, 0.4) is 0 Å². The highest BCUT2D eigenvalue weighted by Crippen LogP contribution is 2.26. The molecule has 1 aromatic carbocycles. The van der Waals surface area contributed by atoms with Crippen LogP contribution in [0, 0.1) is 0 Å². The van der Waals surface area contributed by atoms with Gasteiger partial charge in [-0.25, -0.2) is 0 Å². The molecule has 1 aromatic rings. The summed E-state index contributed by atoms with van der Waals surface area (Å²) in [4.78, 5) is 0. The molecule has 0 aliphatic rings. The van der Waals surface area contributed by atoms with E-state index >= 15 is 0 Å². The van der Waals surface area contributed by atoms with Crippen LogP contribution in [0.1, 0.15) is 18.6 Å². The molecule has 84 valence electrons. The van der Waals surface area contributed by atoms with Crippen molar-refractivity contribution in [3.8, 4) is 5.75 Å². The predicted octanol–water partition coefficient (Wildman–Crippen LogP) is 1.31. The molecule has 1 atom stereocenters. The van der Waals surface area contributed by atoms with E-state index in [0.29, 0.717) is 24.6 Å². The number of rotatable bonds is 5. The van der Waals surface area contributed by atoms with Gasteiger partial charge in [-0.3, -0.25) is 0 Å². The Balaban J connectivity index is 2.73. The fourth-order valence-corrected chi connectivity index (χ4v) is 1.35. The zero-order chi connectivity index (χ0) is 11.3. The first kappa shape index (κ1) is 11.8. The standard InChI is InChI=1S/C11H18N2O2/c1-8(15-6-5-12)9-3-4-11(14-2)10(13)7-9/h3-4,7-8H,5-6,12-13H2,1-2H3. The van der Waals surface area contributed by atoms with Crippen LogP contribution in [0.4, 0.5) is 5.69 Å². The van der Waals surface area contributed by atoms with Crippen LogP contribution >= 0.6 is 0 Å². The number of anilines is 1. The lowest BCUT2D eigenvalue weighted by Crippen LogP contribution is -2.11. The monoisotopic (exact) mass is 210 g/mol. The van der Waals surface area contributed by atoms with Crippen molar-refractivity contribution in [2.24, 2.45) is 5.73 Å². The van der Waals surface area contributed by atoms with E-state index in [4.69, 9.17) is 20.9 Å². The summed E-state index contributed by atoms with van der Waals surface area (Å²) in [6.45, 7) is 3.04. The lowest BCUT2D eigenvalue weighted by atomic mass is 10.1. The Kier molecular flexibility index (Phi) is 4.39. The van der Waals surface area contributed by atoms with Crippen molar-refractivity contribution in [3.05, 3.63) is 23.8 Å². The maximum atomic E-state index is 5.79. The van der Waals surface area contributed by atoms with Gasteiger partial charge in [-0.05, 0) is 24.6 Å². The van der Waals surface area contributed by atoms with Gasteiger partial charge in [0.2, 0.25) is 0 Å². The van der Waals surface area contributed by atoms with Crippen LogP contribution in [-0.4, -0.2) is 20.3 Å². The highest BCUT2D eigenvalue weighted by atomic mass is 16.5. The lowest BCUT2D eigenvalue weighted by molar-refractivity contribution is 0.0718. The van der Waals surface area contributed by atoms with Crippen LogP contribution in [-0.2, 0) is 4.74 Å². The van der Waals surface area contributed by atoms with Gasteiger partial charge in [0.25, 0.3) is 0 Å². The Morgan fingerprint density at radius 1 is 1.40 bits per heavy atom. The summed E-state index contributed by atoms with van der Waals surface area (Å²) >= 11 is 0. The first-order valence-corrected chi connectivity index (χ1v) is 4.94. The summed E-state index contributed by atoms with van der Waals surface area (Å²) in [6.07, 6.45) is 0.00163. The number of nitrogens with two attached hydrogens (primary N) is 2. The SMILES string of the molecule is COc1ccc(C(C)OCCN)cc1N. The second-order valence-corrected chi connectivity index (χ2v) is 3.30. The van der Waals surface area contributed by atoms with E-state index in [2.05, 4.69) is 0 Å². The minimum atomic E-state index is 0.00163. The molecular formula is C11H18N2O2. The van der Waals surface area contributed by atoms with Gasteiger partial charge in [0.1, 0.15) is 5.75 Å². The van der Waals surface area contributed by atoms with Crippen LogP contribution in [0.15, 0.2) is 18.2 Å². The summed E-state index contributed by atoms with van der Waals surface area (Å²) in [6, 6.07) is 5.64. The van der Waals surface area contributed by atoms with Crippen LogP contribution in [0.2, 0.25) is 0 Å². The second-order valence-electron chi connectivity index (χ2n) is 3.30. The molecular weight excluding hydrogens is 192 g/mol. The molecule has 0 aromatic heterocycles. The maximum Gasteiger partial charge on any atom is 0.141 e. The van der Waals surface area contributed by atoms with Crippen LogP contribution in [0.25, 0.3) is 0 Å². The van der Waals surface area contributed by atoms with Crippen molar-refractivity contribution in [1.29, 1.82) is 0 Å². The van der Waals surface area contributed by atoms with Gasteiger partial charge in [0.15, 0.2) is 0 Å². The summed E-state index contributed by atoms with van der Waals surface area (Å²) in [5, 5.41) is 0. The van der Waals surface area contributed by atoms with Gasteiger partial charge < -0.3 is 20.9 Å². The number of ether oxygens (including phenoxy) is 2. The van der Waals surface area contributed by atoms with Gasteiger partial charge in [-0.2, -0.15) is 0 Å². The molecule has 15 heavy (non-hydrogen) atoms. The minimum Gasteiger partial charge on any atom is -0.495 e. The van der Waals surface area contributed by atoms with Crippen molar-refractivity contribution in [3.63, 3.8) is 0 Å². The van der Waals surface area contributed by atoms with E-state index in [1.807, 2.05) is 25.1 Å². The van der Waals surface area contributed by atoms with Crippen molar-refractivity contribution >= 4 is 5.69 Å². The molecule has 0 aliphatic carbocycles. The molecule has 4 nitrogen and oxygen atoms in total. The Morgan fingerprint density at radius 3 is 2.67 bits per heavy atom. The molecule has 0 spiro atoms. The molecule has 1 unspecified atom stereocenters. The Labute approximate surface area is 90.2 Å². The van der Waals surface area contributed by atoms with Crippen molar-refractivity contribution in [2.75, 3.05) is 26.0 Å². The number of methoxy groups -OCH3 is 1. The minimum absolute atomic E-state index is 0.00163. The predicted molar refractivity (Wildman–Crippen MR) is 60.8 cm³/mol. The van der Waals surface area contributed by atoms with Crippen LogP contribution in [0.5, 0.6) is 5.75 Å². The topological polar surface area (TPSA) is 70.5 Å². The number of hydrogen-bond acceptors (Lipinski definition) is 4. The normalized spacial score (nSPS) is 12.5. The zero-order valence-corrected chi connectivity index (χ0v) is 9.19. The first-order valence-electron chi connectivity index (χ1n) is 4.94. The number of benzene rings is 1. The molecule has 1 rings (SSSR count). The Hall–Kier alpha value is -1.26. The fraction of sp³-hybridized carbons (Fsp3) is 0.455. The number of nitrogen functional groups attached to an aromatic ring is 1. The van der Waals surface area contributed by atoms with Crippen LogP contribution < -0.4 is 16.2 Å². The largest absolute Gasteiger partial charge is 0.495 e. The molecule has 4 N–H and O–H groups in total. The highest BCUT2D eigenvalue weighted by Gasteiger charge is 2.07. The summed E-state index contributed by atoms with van der Waals surface area (Å²) in [5.74, 6) is 0.685. The fourth-order valence-electron chi connectivity index (χ4n) is 1.35. The van der Waals surface area contributed by atoms with Gasteiger partial charge in [0.05, 0.1) is 25.5 Å². The van der Waals surface area contributed by atoms with E-state index in [-0.39, 0.29) is 6.10 Å². The summed E-state index contributed by atoms with van der Waals surface area (Å²) in [7, 11) is 1.60. The van der Waals surface area contributed by atoms with Crippen molar-refractivity contribution < 1.29 is 9.47 Å². The molecule has 0 saturated heterocycles. The van der Waals surface area contributed by atoms with Gasteiger partial charge in [0, 0.05) is 6.54 Å². The zero-order valence-electron chi connectivity index (χ0n) is 9.19. The molecule has 0 bridgehead atoms. The van der Waals surface area contributed by atoms with Gasteiger partial charge >= 0.3 is 0 Å². The van der Waals surface area contributed by atoms with E-state index in [1.165, 1.54) is 0 Å². The van der Waals surface area contributed by atoms with E-state index < -0.39 is 0 Å². The van der Waals surface area contributed by atoms with Crippen molar-refractivity contribution in [2.45, 2.75) is 13.0 Å². The maximum absolute atomic E-state index is 5.79. The van der Waals surface area contributed by atoms with Crippen molar-refractivity contribution in [1.82, 2.24) is 0 Å². The quantitative estimate of drug-likeness (QED) is 0.719. The first-order chi connectivity index (χ1) is 7.19. The molecule has 0 amide bonds. The average Bonchev–Trinajstić information content (AvgIpc) is 2.25. The third kappa shape index (κ3) is 3.11. The Morgan fingerprint density at radius 2 is 2.13 bits per heavy atom. The molecule has 0 heterocycles. The van der Waals surface area contributed by atoms with E-state index in [1.54, 1.807) is 7.11 Å². The lowest BCUT2D eigenvalue weighted by Gasteiger charge is -2.14. The molecule has 0 radical (unpaired) electrons. The smallest absolute Gasteiger partial charge is 0.141 e. The highest BCUT2D eigenvalue weighted by molar-refractivity contribution is 5.54. The van der Waals surface area contributed by atoms with Gasteiger partial charge in [-0.1, -0.05) is 6.07 Å². The molecule has 4 heteroatoms. The molecule has 0 saturated carbocycles. The Bertz CT molecular complexity index is 315. The second kappa shape index (κ2) is 5.58. The van der Waals surface area contributed by atoms with E-state index in [9.17, 15) is 0 Å².